The van der Waals surface area contributed by atoms with Crippen molar-refractivity contribution in [3.8, 4) is 5.75 Å². The number of anilines is 1. The van der Waals surface area contributed by atoms with E-state index in [0.29, 0.717) is 29.6 Å². The molecule has 3 amide bonds. The normalized spacial score (nSPS) is 15.5. The maximum absolute atomic E-state index is 12.9. The molecule has 1 aliphatic rings. The first-order chi connectivity index (χ1) is 16.2. The molecule has 1 saturated heterocycles. The zero-order chi connectivity index (χ0) is 24.8. The quantitative estimate of drug-likeness (QED) is 0.477. The predicted octanol–water partition coefficient (Wildman–Crippen LogP) is 4.27. The van der Waals surface area contributed by atoms with Crippen LogP contribution in [0.15, 0.2) is 42.5 Å². The second kappa shape index (κ2) is 11.5. The van der Waals surface area contributed by atoms with Gasteiger partial charge in [-0.05, 0) is 68.0 Å². The summed E-state index contributed by atoms with van der Waals surface area (Å²) in [6.07, 6.45) is 0.667. The van der Waals surface area contributed by atoms with Crippen molar-refractivity contribution in [1.82, 2.24) is 15.3 Å². The van der Waals surface area contributed by atoms with Crippen LogP contribution in [0.3, 0.4) is 0 Å². The first-order valence-electron chi connectivity index (χ1n) is 10.7. The van der Waals surface area contributed by atoms with Crippen LogP contribution in [0.4, 0.5) is 5.69 Å². The number of benzene rings is 2. The number of halogens is 2. The second-order valence-corrected chi connectivity index (χ2v) is 8.65. The maximum atomic E-state index is 12.9. The number of hydrogen-bond acceptors (Lipinski definition) is 5. The number of nitrogens with one attached hydrogen (secondary N) is 2. The Labute approximate surface area is 213 Å². The number of ether oxygens (including phenoxy) is 1. The van der Waals surface area contributed by atoms with Crippen LogP contribution in [0.5, 0.6) is 5.75 Å². The highest BCUT2D eigenvalue weighted by Crippen LogP contribution is 2.24. The Kier molecular flexibility index (Phi) is 8.71. The smallest absolute Gasteiger partial charge is 0.271 e. The van der Waals surface area contributed by atoms with Crippen LogP contribution in [-0.4, -0.2) is 51.9 Å². The summed E-state index contributed by atoms with van der Waals surface area (Å²) in [6.45, 7) is 4.67. The van der Waals surface area contributed by atoms with Crippen molar-refractivity contribution < 1.29 is 19.1 Å². The van der Waals surface area contributed by atoms with Crippen LogP contribution in [0.1, 0.15) is 37.0 Å². The van der Waals surface area contributed by atoms with Crippen molar-refractivity contribution in [1.29, 1.82) is 0 Å². The summed E-state index contributed by atoms with van der Waals surface area (Å²) in [7, 11) is 0. The largest absolute Gasteiger partial charge is 0.494 e. The van der Waals surface area contributed by atoms with Crippen LogP contribution < -0.4 is 15.5 Å². The third-order valence-corrected chi connectivity index (χ3v) is 5.97. The highest BCUT2D eigenvalue weighted by atomic mass is 35.5. The highest BCUT2D eigenvalue weighted by Gasteiger charge is 2.44. The Morgan fingerprint density at radius 2 is 1.82 bits per heavy atom. The first-order valence-corrected chi connectivity index (χ1v) is 11.8. The Morgan fingerprint density at radius 1 is 1.12 bits per heavy atom. The van der Waals surface area contributed by atoms with Gasteiger partial charge in [-0.25, -0.2) is 5.01 Å². The molecule has 1 fully saturated rings. The Bertz CT molecular complexity index is 1100. The fourth-order valence-electron chi connectivity index (χ4n) is 3.33. The number of thiocarbonyl (C=S) groups is 1. The van der Waals surface area contributed by atoms with Gasteiger partial charge >= 0.3 is 0 Å². The average Bonchev–Trinajstić information content (AvgIpc) is 3.01. The van der Waals surface area contributed by atoms with E-state index in [9.17, 15) is 14.4 Å². The maximum Gasteiger partial charge on any atom is 0.271 e. The van der Waals surface area contributed by atoms with Gasteiger partial charge in [0.15, 0.2) is 5.11 Å². The predicted molar refractivity (Wildman–Crippen MR) is 135 cm³/mol. The topological polar surface area (TPSA) is 91.0 Å². The second-order valence-electron chi connectivity index (χ2n) is 7.44. The number of nitrogens with zero attached hydrogens (tertiary/aromatic N) is 2. The van der Waals surface area contributed by atoms with E-state index in [1.807, 2.05) is 6.92 Å². The molecule has 0 aliphatic carbocycles. The molecule has 0 aromatic heterocycles. The summed E-state index contributed by atoms with van der Waals surface area (Å²) in [4.78, 5) is 39.8. The number of hydrogen-bond donors (Lipinski definition) is 2. The molecule has 0 radical (unpaired) electrons. The van der Waals surface area contributed by atoms with E-state index in [1.165, 1.54) is 28.1 Å². The molecule has 1 unspecified atom stereocenters. The number of likely N-dealkylation sites (N-methyl/N-ethyl adjacent to an activating group) is 1. The van der Waals surface area contributed by atoms with Crippen molar-refractivity contribution in [3.05, 3.63) is 58.1 Å². The van der Waals surface area contributed by atoms with Crippen molar-refractivity contribution in [2.75, 3.05) is 18.5 Å². The van der Waals surface area contributed by atoms with E-state index >= 15 is 0 Å². The van der Waals surface area contributed by atoms with Crippen LogP contribution in [0.2, 0.25) is 10.0 Å². The number of amides is 3. The molecule has 1 atom stereocenters. The number of hydrazine groups is 1. The van der Waals surface area contributed by atoms with Crippen molar-refractivity contribution >= 4 is 63.9 Å². The third-order valence-electron chi connectivity index (χ3n) is 5.00. The minimum absolute atomic E-state index is 0.0983. The zero-order valence-corrected chi connectivity index (χ0v) is 21.0. The summed E-state index contributed by atoms with van der Waals surface area (Å²) in [5.74, 6) is -0.675. The molecule has 0 spiro atoms. The summed E-state index contributed by atoms with van der Waals surface area (Å²) in [5, 5.41) is 4.62. The molecule has 180 valence electrons. The van der Waals surface area contributed by atoms with E-state index in [1.54, 1.807) is 31.2 Å². The Balaban J connectivity index is 1.72. The molecule has 2 aromatic rings. The lowest BCUT2D eigenvalue weighted by Gasteiger charge is -2.24. The monoisotopic (exact) mass is 522 g/mol. The molecular weight excluding hydrogens is 499 g/mol. The molecule has 11 heteroatoms. The molecule has 2 N–H and O–H groups in total. The van der Waals surface area contributed by atoms with Gasteiger partial charge in [0.05, 0.1) is 23.6 Å². The minimum Gasteiger partial charge on any atom is -0.494 e. The molecule has 3 rings (SSSR count). The molecule has 8 nitrogen and oxygen atoms in total. The molecule has 1 aliphatic heterocycles. The standard InChI is InChI=1S/C23H24Cl2N4O4S/c1-3-11-33-16-8-6-15(7-9-16)26-20(30)13-19-22(32)28(4-2)23(34)29(19)27-21(31)17-10-5-14(24)12-18(17)25/h5-10,12,19H,3-4,11,13H2,1-2H3,(H,26,30)(H,27,31). The molecule has 1 heterocycles. The van der Waals surface area contributed by atoms with E-state index in [0.717, 1.165) is 6.42 Å². The minimum atomic E-state index is -1.00. The van der Waals surface area contributed by atoms with Crippen LogP contribution >= 0.6 is 35.4 Å². The third kappa shape index (κ3) is 5.97. The molecule has 0 saturated carbocycles. The number of carbonyl (C=O) groups excluding carboxylic acids is 3. The summed E-state index contributed by atoms with van der Waals surface area (Å²) < 4.78 is 5.53. The van der Waals surface area contributed by atoms with E-state index in [4.69, 9.17) is 40.2 Å². The van der Waals surface area contributed by atoms with Gasteiger partial charge in [-0.2, -0.15) is 0 Å². The van der Waals surface area contributed by atoms with Gasteiger partial charge in [0.1, 0.15) is 11.8 Å². The van der Waals surface area contributed by atoms with Gasteiger partial charge in [0.25, 0.3) is 11.8 Å². The molecular formula is C23H24Cl2N4O4S. The Hall–Kier alpha value is -2.88. The Morgan fingerprint density at radius 3 is 2.44 bits per heavy atom. The first kappa shape index (κ1) is 25.7. The van der Waals surface area contributed by atoms with Gasteiger partial charge in [-0.15, -0.1) is 0 Å². The van der Waals surface area contributed by atoms with Crippen LogP contribution in [-0.2, 0) is 9.59 Å². The van der Waals surface area contributed by atoms with Crippen molar-refractivity contribution in [3.63, 3.8) is 0 Å². The van der Waals surface area contributed by atoms with E-state index < -0.39 is 17.9 Å². The van der Waals surface area contributed by atoms with E-state index in [2.05, 4.69) is 10.7 Å². The van der Waals surface area contributed by atoms with Gasteiger partial charge < -0.3 is 10.1 Å². The van der Waals surface area contributed by atoms with Crippen LogP contribution in [0.25, 0.3) is 0 Å². The fraction of sp³-hybridized carbons (Fsp3) is 0.304. The lowest BCUT2D eigenvalue weighted by molar-refractivity contribution is -0.130. The lowest BCUT2D eigenvalue weighted by Crippen LogP contribution is -2.49. The zero-order valence-electron chi connectivity index (χ0n) is 18.6. The van der Waals surface area contributed by atoms with Gasteiger partial charge in [0, 0.05) is 17.3 Å². The van der Waals surface area contributed by atoms with Crippen molar-refractivity contribution in [2.45, 2.75) is 32.7 Å². The molecule has 34 heavy (non-hydrogen) atoms. The average molecular weight is 523 g/mol. The van der Waals surface area contributed by atoms with Crippen LogP contribution in [0, 0.1) is 0 Å². The summed E-state index contributed by atoms with van der Waals surface area (Å²) in [5.41, 5.74) is 3.32. The number of carbonyl (C=O) groups is 3. The van der Waals surface area contributed by atoms with Gasteiger partial charge in [0.2, 0.25) is 5.91 Å². The van der Waals surface area contributed by atoms with Gasteiger partial charge in [-0.3, -0.25) is 24.7 Å². The fourth-order valence-corrected chi connectivity index (χ4v) is 4.21. The highest BCUT2D eigenvalue weighted by molar-refractivity contribution is 7.80. The number of rotatable bonds is 9. The van der Waals surface area contributed by atoms with Crippen molar-refractivity contribution in [2.24, 2.45) is 0 Å². The van der Waals surface area contributed by atoms with Gasteiger partial charge in [-0.1, -0.05) is 30.1 Å². The lowest BCUT2D eigenvalue weighted by atomic mass is 10.1. The molecule has 0 bridgehead atoms. The summed E-state index contributed by atoms with van der Waals surface area (Å²) in [6, 6.07) is 10.4. The summed E-state index contributed by atoms with van der Waals surface area (Å²) >= 11 is 17.4. The molecule has 2 aromatic carbocycles. The SMILES string of the molecule is CCCOc1ccc(NC(=O)CC2C(=O)N(CC)C(=S)N2NC(=O)c2ccc(Cl)cc2Cl)cc1. The van der Waals surface area contributed by atoms with E-state index in [-0.39, 0.29) is 28.0 Å².